The van der Waals surface area contributed by atoms with Crippen molar-refractivity contribution in [2.45, 2.75) is 6.92 Å². The molecule has 0 saturated heterocycles. The lowest BCUT2D eigenvalue weighted by atomic mass is 10.4. The molecular weight excluding hydrogens is 100 g/mol. The number of allylic oxidation sites excluding steroid dienone is 3. The lowest BCUT2D eigenvalue weighted by molar-refractivity contribution is 0.234. The predicted octanol–water partition coefficient (Wildman–Crippen LogP) is 1.77. The fourth-order valence-electron chi connectivity index (χ4n) is 0.341. The van der Waals surface area contributed by atoms with E-state index in [2.05, 4.69) is 0 Å². The van der Waals surface area contributed by atoms with Gasteiger partial charge in [0.05, 0.1) is 6.61 Å². The van der Waals surface area contributed by atoms with Crippen LogP contribution in [0.4, 0.5) is 0 Å². The van der Waals surface area contributed by atoms with E-state index in [1.807, 2.05) is 31.2 Å². The zero-order valence-electron chi connectivity index (χ0n) is 5.42. The third-order valence-electron chi connectivity index (χ3n) is 0.703. The summed E-state index contributed by atoms with van der Waals surface area (Å²) in [6.07, 6.45) is 7.87. The molecule has 0 aromatic carbocycles. The first kappa shape index (κ1) is 7.44. The molecule has 0 spiro atoms. The van der Waals surface area contributed by atoms with Gasteiger partial charge < -0.3 is 4.74 Å². The van der Waals surface area contributed by atoms with Crippen LogP contribution in [0.5, 0.6) is 0 Å². The van der Waals surface area contributed by atoms with Crippen molar-refractivity contribution in [2.75, 3.05) is 13.7 Å². The van der Waals surface area contributed by atoms with Gasteiger partial charge in [0.25, 0.3) is 0 Å². The molecule has 0 amide bonds. The van der Waals surface area contributed by atoms with Gasteiger partial charge in [0.2, 0.25) is 0 Å². The molecule has 0 aromatic heterocycles. The van der Waals surface area contributed by atoms with E-state index in [0.717, 1.165) is 0 Å². The van der Waals surface area contributed by atoms with Crippen LogP contribution in [-0.4, -0.2) is 13.7 Å². The predicted molar refractivity (Wildman–Crippen MR) is 35.8 cm³/mol. The van der Waals surface area contributed by atoms with Gasteiger partial charge >= 0.3 is 0 Å². The van der Waals surface area contributed by atoms with Crippen LogP contribution in [0.2, 0.25) is 0 Å². The van der Waals surface area contributed by atoms with Crippen molar-refractivity contribution in [3.8, 4) is 0 Å². The largest absolute Gasteiger partial charge is 0.381 e. The van der Waals surface area contributed by atoms with E-state index in [0.29, 0.717) is 6.61 Å². The smallest absolute Gasteiger partial charge is 0.0646 e. The van der Waals surface area contributed by atoms with Crippen LogP contribution in [0.15, 0.2) is 24.3 Å². The summed E-state index contributed by atoms with van der Waals surface area (Å²) in [5, 5.41) is 0. The van der Waals surface area contributed by atoms with E-state index in [-0.39, 0.29) is 0 Å². The van der Waals surface area contributed by atoms with Gasteiger partial charge in [0, 0.05) is 7.11 Å². The van der Waals surface area contributed by atoms with Gasteiger partial charge in [-0.1, -0.05) is 24.3 Å². The molecule has 0 fully saturated rings. The molecule has 0 heterocycles. The van der Waals surface area contributed by atoms with Crippen molar-refractivity contribution in [3.63, 3.8) is 0 Å². The summed E-state index contributed by atoms with van der Waals surface area (Å²) in [5.41, 5.74) is 0. The Morgan fingerprint density at radius 2 is 2.12 bits per heavy atom. The molecule has 0 atom stereocenters. The molecule has 0 radical (unpaired) electrons. The number of methoxy groups -OCH3 is 1. The highest BCUT2D eigenvalue weighted by molar-refractivity contribution is 5.00. The van der Waals surface area contributed by atoms with E-state index in [9.17, 15) is 0 Å². The van der Waals surface area contributed by atoms with Gasteiger partial charge in [-0.2, -0.15) is 0 Å². The Kier molecular flexibility index (Phi) is 5.99. The molecule has 46 valence electrons. The fraction of sp³-hybridized carbons (Fsp3) is 0.429. The summed E-state index contributed by atoms with van der Waals surface area (Å²) in [7, 11) is 1.68. The summed E-state index contributed by atoms with van der Waals surface area (Å²) in [5.74, 6) is 0. The lowest BCUT2D eigenvalue weighted by Gasteiger charge is -1.82. The highest BCUT2D eigenvalue weighted by Crippen LogP contribution is 1.75. The number of rotatable bonds is 3. The minimum Gasteiger partial charge on any atom is -0.381 e. The molecule has 0 rings (SSSR count). The summed E-state index contributed by atoms with van der Waals surface area (Å²) < 4.78 is 4.77. The molecule has 0 aliphatic heterocycles. The van der Waals surface area contributed by atoms with Crippen LogP contribution >= 0.6 is 0 Å². The van der Waals surface area contributed by atoms with Crippen LogP contribution in [-0.2, 0) is 4.74 Å². The Labute approximate surface area is 50.7 Å². The van der Waals surface area contributed by atoms with Gasteiger partial charge in [-0.15, -0.1) is 0 Å². The SMILES string of the molecule is CC=CC=CCOC. The van der Waals surface area contributed by atoms with Crippen LogP contribution in [0.3, 0.4) is 0 Å². The minimum absolute atomic E-state index is 0.699. The molecule has 1 heteroatoms. The Hall–Kier alpha value is -0.560. The average molecular weight is 112 g/mol. The Morgan fingerprint density at radius 1 is 1.38 bits per heavy atom. The van der Waals surface area contributed by atoms with E-state index in [1.165, 1.54) is 0 Å². The minimum atomic E-state index is 0.699. The second kappa shape index (κ2) is 6.44. The quantitative estimate of drug-likeness (QED) is 0.505. The van der Waals surface area contributed by atoms with Gasteiger partial charge in [-0.3, -0.25) is 0 Å². The Morgan fingerprint density at radius 3 is 2.62 bits per heavy atom. The zero-order valence-corrected chi connectivity index (χ0v) is 5.42. The molecule has 0 N–H and O–H groups in total. The van der Waals surface area contributed by atoms with Crippen molar-refractivity contribution >= 4 is 0 Å². The first-order chi connectivity index (χ1) is 3.91. The van der Waals surface area contributed by atoms with E-state index >= 15 is 0 Å². The van der Waals surface area contributed by atoms with Gasteiger partial charge in [0.1, 0.15) is 0 Å². The summed E-state index contributed by atoms with van der Waals surface area (Å²) in [6.45, 7) is 2.68. The standard InChI is InChI=1S/C7H12O/c1-3-4-5-6-7-8-2/h3-6H,7H2,1-2H3. The summed E-state index contributed by atoms with van der Waals surface area (Å²) in [6, 6.07) is 0. The molecule has 0 aliphatic carbocycles. The maximum atomic E-state index is 4.77. The highest BCUT2D eigenvalue weighted by atomic mass is 16.5. The second-order valence-corrected chi connectivity index (χ2v) is 1.41. The number of hydrogen-bond acceptors (Lipinski definition) is 1. The van der Waals surface area contributed by atoms with Crippen LogP contribution in [0.1, 0.15) is 6.92 Å². The fourth-order valence-corrected chi connectivity index (χ4v) is 0.341. The van der Waals surface area contributed by atoms with E-state index in [4.69, 9.17) is 4.74 Å². The zero-order chi connectivity index (χ0) is 6.24. The van der Waals surface area contributed by atoms with Crippen molar-refractivity contribution in [1.82, 2.24) is 0 Å². The van der Waals surface area contributed by atoms with Crippen molar-refractivity contribution < 1.29 is 4.74 Å². The highest BCUT2D eigenvalue weighted by Gasteiger charge is 1.65. The summed E-state index contributed by atoms with van der Waals surface area (Å²) >= 11 is 0. The molecule has 0 unspecified atom stereocenters. The number of ether oxygens (including phenoxy) is 1. The van der Waals surface area contributed by atoms with Gasteiger partial charge in [-0.05, 0) is 6.92 Å². The maximum absolute atomic E-state index is 4.77. The first-order valence-electron chi connectivity index (χ1n) is 2.68. The van der Waals surface area contributed by atoms with Crippen molar-refractivity contribution in [2.24, 2.45) is 0 Å². The molecule has 8 heavy (non-hydrogen) atoms. The summed E-state index contributed by atoms with van der Waals surface area (Å²) in [4.78, 5) is 0. The maximum Gasteiger partial charge on any atom is 0.0646 e. The molecule has 0 aliphatic rings. The normalized spacial score (nSPS) is 11.8. The van der Waals surface area contributed by atoms with Gasteiger partial charge in [0.15, 0.2) is 0 Å². The topological polar surface area (TPSA) is 9.23 Å². The third-order valence-corrected chi connectivity index (χ3v) is 0.703. The van der Waals surface area contributed by atoms with Gasteiger partial charge in [-0.25, -0.2) is 0 Å². The van der Waals surface area contributed by atoms with Crippen LogP contribution in [0, 0.1) is 0 Å². The second-order valence-electron chi connectivity index (χ2n) is 1.41. The Balaban J connectivity index is 3.07. The number of hydrogen-bond donors (Lipinski definition) is 0. The lowest BCUT2D eigenvalue weighted by Crippen LogP contribution is -1.78. The molecule has 0 bridgehead atoms. The molecule has 0 saturated carbocycles. The molecule has 1 nitrogen and oxygen atoms in total. The average Bonchev–Trinajstić information content (AvgIpc) is 1.81. The monoisotopic (exact) mass is 112 g/mol. The Bertz CT molecular complexity index is 82.4. The van der Waals surface area contributed by atoms with Crippen molar-refractivity contribution in [1.29, 1.82) is 0 Å². The van der Waals surface area contributed by atoms with Crippen molar-refractivity contribution in [3.05, 3.63) is 24.3 Å². The molecular formula is C7H12O. The third kappa shape index (κ3) is 5.44. The van der Waals surface area contributed by atoms with E-state index < -0.39 is 0 Å². The molecule has 0 aromatic rings. The first-order valence-corrected chi connectivity index (χ1v) is 2.68. The van der Waals surface area contributed by atoms with Crippen LogP contribution < -0.4 is 0 Å². The van der Waals surface area contributed by atoms with Crippen LogP contribution in [0.25, 0.3) is 0 Å². The van der Waals surface area contributed by atoms with E-state index in [1.54, 1.807) is 7.11 Å².